The van der Waals surface area contributed by atoms with Gasteiger partial charge in [0.2, 0.25) is 10.0 Å². The molecule has 0 atom stereocenters. The predicted molar refractivity (Wildman–Crippen MR) is 122 cm³/mol. The molecule has 0 aliphatic carbocycles. The van der Waals surface area contributed by atoms with Crippen LogP contribution in [0.2, 0.25) is 0 Å². The SMILES string of the molecule is COc1c(F)cc(F)cc1-c1ccc(N2CC(F)(F)CN(c3nc(C)c(S(N)(=O)=O)s3)C2=O)cc1. The lowest BCUT2D eigenvalue weighted by Gasteiger charge is -2.38. The van der Waals surface area contributed by atoms with Crippen LogP contribution in [0.1, 0.15) is 5.69 Å². The number of halogens is 4. The normalized spacial score (nSPS) is 16.0. The Kier molecular flexibility index (Phi) is 6.23. The molecule has 1 fully saturated rings. The van der Waals surface area contributed by atoms with Crippen LogP contribution < -0.4 is 19.7 Å². The van der Waals surface area contributed by atoms with Gasteiger partial charge in [0.1, 0.15) is 5.82 Å². The van der Waals surface area contributed by atoms with E-state index in [1.807, 2.05) is 0 Å². The molecule has 1 saturated heterocycles. The summed E-state index contributed by atoms with van der Waals surface area (Å²) in [6.45, 7) is -0.602. The minimum absolute atomic E-state index is 0.0126. The number of hydrogen-bond donors (Lipinski definition) is 1. The zero-order valence-electron chi connectivity index (χ0n) is 18.3. The Morgan fingerprint density at radius 3 is 2.31 bits per heavy atom. The highest BCUT2D eigenvalue weighted by Gasteiger charge is 2.46. The van der Waals surface area contributed by atoms with E-state index in [0.717, 1.165) is 11.0 Å². The average molecular weight is 531 g/mol. The van der Waals surface area contributed by atoms with E-state index in [4.69, 9.17) is 9.88 Å². The fourth-order valence-corrected chi connectivity index (χ4v) is 5.64. The number of rotatable bonds is 5. The molecule has 4 rings (SSSR count). The van der Waals surface area contributed by atoms with E-state index in [1.54, 1.807) is 0 Å². The van der Waals surface area contributed by atoms with Crippen molar-refractivity contribution in [1.82, 2.24) is 4.98 Å². The predicted octanol–water partition coefficient (Wildman–Crippen LogP) is 4.13. The molecule has 2 N–H and O–H groups in total. The summed E-state index contributed by atoms with van der Waals surface area (Å²) >= 11 is 0.517. The highest BCUT2D eigenvalue weighted by atomic mass is 32.2. The highest BCUT2D eigenvalue weighted by Crippen LogP contribution is 2.37. The molecule has 186 valence electrons. The molecule has 0 bridgehead atoms. The first-order valence-electron chi connectivity index (χ1n) is 9.91. The first-order valence-corrected chi connectivity index (χ1v) is 12.3. The number of amides is 2. The fraction of sp³-hybridized carbons (Fsp3) is 0.238. The Balaban J connectivity index is 1.69. The Hall–Kier alpha value is -3.23. The first kappa shape index (κ1) is 24.9. The third-order valence-corrected chi connectivity index (χ3v) is 7.91. The molecule has 0 spiro atoms. The van der Waals surface area contributed by atoms with E-state index in [9.17, 15) is 30.8 Å². The third kappa shape index (κ3) is 4.81. The van der Waals surface area contributed by atoms with Gasteiger partial charge in [0.05, 0.1) is 25.9 Å². The van der Waals surface area contributed by atoms with E-state index in [-0.39, 0.29) is 32.0 Å². The van der Waals surface area contributed by atoms with Gasteiger partial charge >= 0.3 is 6.03 Å². The summed E-state index contributed by atoms with van der Waals surface area (Å²) in [7, 11) is -2.93. The number of carbonyl (C=O) groups is 1. The lowest BCUT2D eigenvalue weighted by Crippen LogP contribution is -2.59. The monoisotopic (exact) mass is 530 g/mol. The van der Waals surface area contributed by atoms with Gasteiger partial charge in [-0.15, -0.1) is 0 Å². The number of primary sulfonamides is 1. The molecule has 2 amide bonds. The minimum Gasteiger partial charge on any atom is -0.493 e. The number of hydrogen-bond acceptors (Lipinski definition) is 6. The van der Waals surface area contributed by atoms with Crippen molar-refractivity contribution in [2.24, 2.45) is 5.14 Å². The van der Waals surface area contributed by atoms with Crippen LogP contribution in [0, 0.1) is 18.6 Å². The molecule has 3 aromatic rings. The van der Waals surface area contributed by atoms with Gasteiger partial charge in [-0.1, -0.05) is 23.5 Å². The van der Waals surface area contributed by atoms with Gasteiger partial charge in [0.25, 0.3) is 5.92 Å². The van der Waals surface area contributed by atoms with E-state index in [0.29, 0.717) is 27.9 Å². The van der Waals surface area contributed by atoms with Gasteiger partial charge in [-0.2, -0.15) is 0 Å². The van der Waals surface area contributed by atoms with E-state index < -0.39 is 46.7 Å². The molecular formula is C21H18F4N4O4S2. The van der Waals surface area contributed by atoms with Crippen LogP contribution >= 0.6 is 11.3 Å². The number of sulfonamides is 1. The first-order chi connectivity index (χ1) is 16.3. The second-order valence-electron chi connectivity index (χ2n) is 7.74. The molecule has 1 aliphatic rings. The van der Waals surface area contributed by atoms with Crippen molar-refractivity contribution in [1.29, 1.82) is 0 Å². The quantitative estimate of drug-likeness (QED) is 0.500. The van der Waals surface area contributed by atoms with Crippen LogP contribution in [0.4, 0.5) is 33.2 Å². The van der Waals surface area contributed by atoms with Crippen molar-refractivity contribution in [2.45, 2.75) is 17.1 Å². The largest absolute Gasteiger partial charge is 0.493 e. The summed E-state index contributed by atoms with van der Waals surface area (Å²) in [4.78, 5) is 18.6. The summed E-state index contributed by atoms with van der Waals surface area (Å²) in [5.41, 5.74) is 0.493. The zero-order chi connectivity index (χ0) is 25.7. The molecule has 14 heteroatoms. The van der Waals surface area contributed by atoms with Crippen molar-refractivity contribution in [3.05, 3.63) is 53.7 Å². The number of benzene rings is 2. The van der Waals surface area contributed by atoms with Crippen molar-refractivity contribution >= 4 is 38.2 Å². The molecule has 1 aromatic heterocycles. The molecule has 1 aliphatic heterocycles. The van der Waals surface area contributed by atoms with Crippen molar-refractivity contribution in [2.75, 3.05) is 30.0 Å². The van der Waals surface area contributed by atoms with Gasteiger partial charge in [0, 0.05) is 17.3 Å². The summed E-state index contributed by atoms with van der Waals surface area (Å²) in [5.74, 6) is -5.30. The molecule has 2 heterocycles. The van der Waals surface area contributed by atoms with Crippen LogP contribution in [0.25, 0.3) is 11.1 Å². The van der Waals surface area contributed by atoms with Crippen LogP contribution in [-0.4, -0.2) is 45.6 Å². The van der Waals surface area contributed by atoms with Crippen molar-refractivity contribution in [3.8, 4) is 16.9 Å². The summed E-state index contributed by atoms with van der Waals surface area (Å²) in [6, 6.07) is 6.38. The number of nitrogens with two attached hydrogens (primary N) is 1. The summed E-state index contributed by atoms with van der Waals surface area (Å²) in [5, 5.41) is 4.89. The zero-order valence-corrected chi connectivity index (χ0v) is 19.9. The van der Waals surface area contributed by atoms with E-state index in [1.165, 1.54) is 38.3 Å². The number of ether oxygens (including phenoxy) is 1. The fourth-order valence-electron chi connectivity index (χ4n) is 3.70. The van der Waals surface area contributed by atoms with Gasteiger partial charge in [0.15, 0.2) is 20.9 Å². The van der Waals surface area contributed by atoms with Crippen molar-refractivity contribution in [3.63, 3.8) is 0 Å². The van der Waals surface area contributed by atoms with Crippen molar-refractivity contribution < 1.29 is 35.5 Å². The molecule has 0 radical (unpaired) electrons. The maximum atomic E-state index is 14.6. The number of urea groups is 1. The topological polar surface area (TPSA) is 106 Å². The van der Waals surface area contributed by atoms with Crippen LogP contribution in [0.5, 0.6) is 5.75 Å². The number of carbonyl (C=O) groups excluding carboxylic acids is 1. The number of thiazole rings is 1. The number of aryl methyl sites for hydroxylation is 1. The van der Waals surface area contributed by atoms with Gasteiger partial charge in [-0.05, 0) is 30.7 Å². The van der Waals surface area contributed by atoms with Crippen LogP contribution in [0.3, 0.4) is 0 Å². The average Bonchev–Trinajstić information content (AvgIpc) is 3.17. The lowest BCUT2D eigenvalue weighted by atomic mass is 10.0. The van der Waals surface area contributed by atoms with Gasteiger partial charge in [-0.25, -0.2) is 40.9 Å². The second kappa shape index (κ2) is 8.77. The van der Waals surface area contributed by atoms with E-state index in [2.05, 4.69) is 4.98 Å². The number of methoxy groups -OCH3 is 1. The maximum absolute atomic E-state index is 14.6. The molecule has 0 unspecified atom stereocenters. The standard InChI is InChI=1S/C21H18F4N4O4S2/c1-11-18(35(26,31)32)34-19(27-11)29-10-21(24,25)9-28(20(29)30)14-5-3-12(4-6-14)15-7-13(22)8-16(23)17(15)33-2/h3-8H,9-10H2,1-2H3,(H2,26,31,32). The molecular weight excluding hydrogens is 512 g/mol. The Morgan fingerprint density at radius 1 is 1.11 bits per heavy atom. The Bertz CT molecular complexity index is 1410. The molecule has 0 saturated carbocycles. The number of alkyl halides is 2. The number of anilines is 2. The van der Waals surface area contributed by atoms with Gasteiger partial charge < -0.3 is 4.74 Å². The van der Waals surface area contributed by atoms with Gasteiger partial charge in [-0.3, -0.25) is 9.80 Å². The molecule has 8 nitrogen and oxygen atoms in total. The third-order valence-electron chi connectivity index (χ3n) is 5.18. The lowest BCUT2D eigenvalue weighted by molar-refractivity contribution is 0.0134. The Morgan fingerprint density at radius 2 is 1.74 bits per heavy atom. The Labute approximate surface area is 201 Å². The van der Waals surface area contributed by atoms with Crippen LogP contribution in [-0.2, 0) is 10.0 Å². The highest BCUT2D eigenvalue weighted by molar-refractivity contribution is 7.91. The number of nitrogens with zero attached hydrogens (tertiary/aromatic N) is 3. The molecule has 2 aromatic carbocycles. The minimum atomic E-state index is -4.15. The number of aromatic nitrogens is 1. The van der Waals surface area contributed by atoms with Crippen LogP contribution in [0.15, 0.2) is 40.6 Å². The van der Waals surface area contributed by atoms with E-state index >= 15 is 0 Å². The summed E-state index contributed by atoms with van der Waals surface area (Å²) in [6.07, 6.45) is 0. The second-order valence-corrected chi connectivity index (χ2v) is 10.5. The summed E-state index contributed by atoms with van der Waals surface area (Å²) < 4.78 is 85.1. The smallest absolute Gasteiger partial charge is 0.331 e. The molecule has 35 heavy (non-hydrogen) atoms. The maximum Gasteiger partial charge on any atom is 0.331 e.